The predicted octanol–water partition coefficient (Wildman–Crippen LogP) is 3.00. The maximum atomic E-state index is 12.9. The van der Waals surface area contributed by atoms with Gasteiger partial charge >= 0.3 is 5.97 Å². The van der Waals surface area contributed by atoms with Crippen LogP contribution in [0.2, 0.25) is 0 Å². The average molecular weight is 458 g/mol. The van der Waals surface area contributed by atoms with Gasteiger partial charge in [0.15, 0.2) is 12.4 Å². The molecule has 0 unspecified atom stereocenters. The number of ether oxygens (including phenoxy) is 1. The molecule has 2 aliphatic carbocycles. The summed E-state index contributed by atoms with van der Waals surface area (Å²) < 4.78 is 5.07. The van der Waals surface area contributed by atoms with Crippen LogP contribution in [0.15, 0.2) is 60.7 Å². The van der Waals surface area contributed by atoms with E-state index in [1.54, 1.807) is 36.4 Å². The molecular weight excluding hydrogens is 436 g/mol. The Balaban J connectivity index is 1.17. The second kappa shape index (κ2) is 8.37. The lowest BCUT2D eigenvalue weighted by molar-refractivity contribution is -0.123. The Labute approximate surface area is 195 Å². The first-order valence-corrected chi connectivity index (χ1v) is 11.1. The SMILES string of the molecule is CC(=O)c1ccc(NC(=O)COC(=O)c2ccc(N3C(=O)[C@H]4[C@H](C3=O)[C@H]3C=C[C@H]4C3)cc2)cc1. The van der Waals surface area contributed by atoms with Gasteiger partial charge in [0.05, 0.1) is 23.1 Å². The van der Waals surface area contributed by atoms with Crippen LogP contribution in [0, 0.1) is 23.7 Å². The van der Waals surface area contributed by atoms with Crippen LogP contribution in [-0.4, -0.2) is 36.1 Å². The van der Waals surface area contributed by atoms with E-state index in [0.717, 1.165) is 6.42 Å². The summed E-state index contributed by atoms with van der Waals surface area (Å²) in [7, 11) is 0. The third kappa shape index (κ3) is 3.71. The van der Waals surface area contributed by atoms with Gasteiger partial charge in [-0.15, -0.1) is 0 Å². The van der Waals surface area contributed by atoms with Gasteiger partial charge in [-0.25, -0.2) is 4.79 Å². The number of hydrogen-bond donors (Lipinski definition) is 1. The number of allylic oxidation sites excluding steroid dienone is 2. The van der Waals surface area contributed by atoms with Crippen molar-refractivity contribution in [1.29, 1.82) is 0 Å². The van der Waals surface area contributed by atoms with Crippen molar-refractivity contribution in [2.75, 3.05) is 16.8 Å². The zero-order valence-electron chi connectivity index (χ0n) is 18.4. The Hall–Kier alpha value is -4.07. The number of rotatable bonds is 6. The first-order chi connectivity index (χ1) is 16.3. The predicted molar refractivity (Wildman–Crippen MR) is 122 cm³/mol. The molecule has 34 heavy (non-hydrogen) atoms. The number of nitrogens with zero attached hydrogens (tertiary/aromatic N) is 1. The maximum Gasteiger partial charge on any atom is 0.338 e. The van der Waals surface area contributed by atoms with Gasteiger partial charge in [0.25, 0.3) is 5.91 Å². The zero-order chi connectivity index (χ0) is 24.0. The van der Waals surface area contributed by atoms with Crippen molar-refractivity contribution < 1.29 is 28.7 Å². The van der Waals surface area contributed by atoms with Crippen LogP contribution in [0.3, 0.4) is 0 Å². The molecule has 0 aromatic heterocycles. The van der Waals surface area contributed by atoms with Gasteiger partial charge in [-0.1, -0.05) is 12.2 Å². The number of nitrogens with one attached hydrogen (secondary N) is 1. The maximum absolute atomic E-state index is 12.9. The molecular formula is C26H22N2O6. The minimum absolute atomic E-state index is 0.0803. The Morgan fingerprint density at radius 2 is 1.44 bits per heavy atom. The van der Waals surface area contributed by atoms with Gasteiger partial charge in [0.2, 0.25) is 11.8 Å². The fourth-order valence-electron chi connectivity index (χ4n) is 5.10. The van der Waals surface area contributed by atoms with E-state index < -0.39 is 18.5 Å². The van der Waals surface area contributed by atoms with E-state index in [1.807, 2.05) is 12.2 Å². The third-order valence-corrected chi connectivity index (χ3v) is 6.74. The summed E-state index contributed by atoms with van der Waals surface area (Å²) in [4.78, 5) is 62.8. The van der Waals surface area contributed by atoms with Gasteiger partial charge in [0.1, 0.15) is 0 Å². The van der Waals surface area contributed by atoms with Crippen LogP contribution in [0.1, 0.15) is 34.1 Å². The average Bonchev–Trinajstić information content (AvgIpc) is 3.51. The van der Waals surface area contributed by atoms with Crippen molar-refractivity contribution in [2.45, 2.75) is 13.3 Å². The number of anilines is 2. The van der Waals surface area contributed by atoms with Gasteiger partial charge in [-0.2, -0.15) is 0 Å². The standard InChI is InChI=1S/C26H22N2O6/c1-14(29)15-4-8-19(9-5-15)27-21(30)13-34-26(33)16-6-10-20(11-7-16)28-24(31)22-17-2-3-18(12-17)23(22)25(28)32/h2-11,17-18,22-23H,12-13H2,1H3,(H,27,30)/t17-,18-,22+,23+/m0/s1. The molecule has 3 aliphatic rings. The molecule has 2 aromatic carbocycles. The highest BCUT2D eigenvalue weighted by atomic mass is 16.5. The van der Waals surface area contributed by atoms with E-state index >= 15 is 0 Å². The van der Waals surface area contributed by atoms with Gasteiger partial charge < -0.3 is 10.1 Å². The molecule has 5 rings (SSSR count). The summed E-state index contributed by atoms with van der Waals surface area (Å²) >= 11 is 0. The molecule has 172 valence electrons. The van der Waals surface area contributed by atoms with Crippen LogP contribution in [0.25, 0.3) is 0 Å². The largest absolute Gasteiger partial charge is 0.452 e. The van der Waals surface area contributed by atoms with Crippen LogP contribution >= 0.6 is 0 Å². The molecule has 2 aromatic rings. The summed E-state index contributed by atoms with van der Waals surface area (Å²) in [5.41, 5.74) is 1.62. The molecule has 1 aliphatic heterocycles. The van der Waals surface area contributed by atoms with Crippen LogP contribution in [-0.2, 0) is 19.1 Å². The van der Waals surface area contributed by atoms with E-state index in [2.05, 4.69) is 5.32 Å². The topological polar surface area (TPSA) is 110 Å². The normalized spacial score (nSPS) is 24.3. The van der Waals surface area contributed by atoms with E-state index in [4.69, 9.17) is 4.74 Å². The Morgan fingerprint density at radius 3 is 2.00 bits per heavy atom. The molecule has 1 heterocycles. The smallest absolute Gasteiger partial charge is 0.338 e. The lowest BCUT2D eigenvalue weighted by Gasteiger charge is -2.17. The number of hydrogen-bond acceptors (Lipinski definition) is 6. The van der Waals surface area contributed by atoms with Crippen molar-refractivity contribution in [2.24, 2.45) is 23.7 Å². The zero-order valence-corrected chi connectivity index (χ0v) is 18.4. The van der Waals surface area contributed by atoms with E-state index in [9.17, 15) is 24.0 Å². The number of esters is 1. The first-order valence-electron chi connectivity index (χ1n) is 11.1. The van der Waals surface area contributed by atoms with Gasteiger partial charge in [0, 0.05) is 11.3 Å². The van der Waals surface area contributed by atoms with Gasteiger partial charge in [-0.05, 0) is 73.7 Å². The molecule has 8 nitrogen and oxygen atoms in total. The lowest BCUT2D eigenvalue weighted by Crippen LogP contribution is -2.32. The summed E-state index contributed by atoms with van der Waals surface area (Å²) in [5.74, 6) is -1.99. The molecule has 8 heteroatoms. The number of benzene rings is 2. The number of amides is 3. The van der Waals surface area contributed by atoms with Crippen molar-refractivity contribution in [3.8, 4) is 0 Å². The lowest BCUT2D eigenvalue weighted by atomic mass is 9.85. The quantitative estimate of drug-likeness (QED) is 0.308. The van der Waals surface area contributed by atoms with Crippen LogP contribution in [0.5, 0.6) is 0 Å². The summed E-state index contributed by atoms with van der Waals surface area (Å²) in [6.07, 6.45) is 4.94. The van der Waals surface area contributed by atoms with Crippen molar-refractivity contribution >= 4 is 40.8 Å². The van der Waals surface area contributed by atoms with E-state index in [0.29, 0.717) is 16.9 Å². The molecule has 3 amide bonds. The molecule has 0 spiro atoms. The van der Waals surface area contributed by atoms with Gasteiger partial charge in [-0.3, -0.25) is 24.1 Å². The fraction of sp³-hybridized carbons (Fsp3) is 0.269. The molecule has 1 N–H and O–H groups in total. The Kier molecular flexibility index (Phi) is 5.36. The first kappa shape index (κ1) is 21.8. The molecule has 1 saturated heterocycles. The van der Waals surface area contributed by atoms with Crippen molar-refractivity contribution in [1.82, 2.24) is 0 Å². The Bertz CT molecular complexity index is 1200. The second-order valence-electron chi connectivity index (χ2n) is 8.82. The molecule has 2 fully saturated rings. The van der Waals surface area contributed by atoms with Crippen LogP contribution in [0.4, 0.5) is 11.4 Å². The monoisotopic (exact) mass is 458 g/mol. The molecule has 2 bridgehead atoms. The van der Waals surface area contributed by atoms with Crippen molar-refractivity contribution in [3.05, 3.63) is 71.8 Å². The number of ketones is 1. The molecule has 0 radical (unpaired) electrons. The molecule has 1 saturated carbocycles. The van der Waals surface area contributed by atoms with E-state index in [-0.39, 0.29) is 46.8 Å². The highest BCUT2D eigenvalue weighted by molar-refractivity contribution is 6.22. The number of Topliss-reactive ketones (excluding diaryl/α,β-unsaturated/α-hetero) is 1. The Morgan fingerprint density at radius 1 is 0.882 bits per heavy atom. The summed E-state index contributed by atoms with van der Waals surface area (Å²) in [6.45, 7) is 0.962. The number of imide groups is 1. The number of fused-ring (bicyclic) bond motifs is 5. The minimum Gasteiger partial charge on any atom is -0.452 e. The summed E-state index contributed by atoms with van der Waals surface area (Å²) in [5, 5.41) is 2.59. The highest BCUT2D eigenvalue weighted by Gasteiger charge is 2.59. The third-order valence-electron chi connectivity index (χ3n) is 6.74. The fourth-order valence-corrected chi connectivity index (χ4v) is 5.10. The summed E-state index contributed by atoms with van der Waals surface area (Å²) in [6, 6.07) is 12.4. The second-order valence-corrected chi connectivity index (χ2v) is 8.82. The van der Waals surface area contributed by atoms with E-state index in [1.165, 1.54) is 24.0 Å². The highest BCUT2D eigenvalue weighted by Crippen LogP contribution is 2.53. The van der Waals surface area contributed by atoms with Crippen LogP contribution < -0.4 is 10.2 Å². The molecule has 4 atom stereocenters. The number of carbonyl (C=O) groups excluding carboxylic acids is 5. The number of carbonyl (C=O) groups is 5. The minimum atomic E-state index is -0.702. The van der Waals surface area contributed by atoms with Crippen molar-refractivity contribution in [3.63, 3.8) is 0 Å².